The second-order valence-corrected chi connectivity index (χ2v) is 7.81. The second-order valence-electron chi connectivity index (χ2n) is 5.58. The van der Waals surface area contributed by atoms with Crippen LogP contribution in [0.1, 0.15) is 12.8 Å². The molecule has 2 aromatic rings. The summed E-state index contributed by atoms with van der Waals surface area (Å²) in [5.74, 6) is 1.98. The van der Waals surface area contributed by atoms with Gasteiger partial charge < -0.3 is 10.2 Å². The third-order valence-corrected chi connectivity index (χ3v) is 5.77. The van der Waals surface area contributed by atoms with Crippen LogP contribution in [0.15, 0.2) is 22.4 Å². The predicted octanol–water partition coefficient (Wildman–Crippen LogP) is 2.42. The maximum Gasteiger partial charge on any atom is 0.222 e. The van der Waals surface area contributed by atoms with Gasteiger partial charge in [0.05, 0.1) is 0 Å². The molecule has 0 aromatic carbocycles. The number of piperidine rings is 1. The quantitative estimate of drug-likeness (QED) is 0.899. The van der Waals surface area contributed by atoms with E-state index in [0.29, 0.717) is 17.9 Å². The number of rotatable bonds is 3. The Bertz CT molecular complexity index is 606. The van der Waals surface area contributed by atoms with Crippen LogP contribution in [-0.2, 0) is 0 Å². The molecule has 0 amide bonds. The Morgan fingerprint density at radius 2 is 1.86 bits per heavy atom. The second kappa shape index (κ2) is 5.49. The average Bonchev–Trinajstić information content (AvgIpc) is 3.01. The SMILES string of the molecule is Brc1nnc(N2CC3CC[C@H](C2)C3Nc2ncccn2)s1. The van der Waals surface area contributed by atoms with Crippen molar-refractivity contribution in [2.45, 2.75) is 18.9 Å². The van der Waals surface area contributed by atoms with E-state index in [4.69, 9.17) is 0 Å². The lowest BCUT2D eigenvalue weighted by molar-refractivity contribution is 0.376. The average molecular weight is 367 g/mol. The minimum Gasteiger partial charge on any atom is -0.351 e. The van der Waals surface area contributed by atoms with Crippen LogP contribution in [0.2, 0.25) is 0 Å². The Hall–Kier alpha value is -1.28. The fourth-order valence-electron chi connectivity index (χ4n) is 3.46. The Morgan fingerprint density at radius 1 is 1.14 bits per heavy atom. The van der Waals surface area contributed by atoms with Crippen LogP contribution in [-0.4, -0.2) is 39.3 Å². The number of fused-ring (bicyclic) bond motifs is 2. The molecule has 0 spiro atoms. The van der Waals surface area contributed by atoms with Gasteiger partial charge >= 0.3 is 0 Å². The largest absolute Gasteiger partial charge is 0.351 e. The molecule has 1 saturated heterocycles. The molecule has 2 fully saturated rings. The highest BCUT2D eigenvalue weighted by Crippen LogP contribution is 2.40. The van der Waals surface area contributed by atoms with Crippen molar-refractivity contribution in [2.75, 3.05) is 23.3 Å². The number of nitrogens with one attached hydrogen (secondary N) is 1. The molecule has 1 aliphatic carbocycles. The Balaban J connectivity index is 1.49. The van der Waals surface area contributed by atoms with E-state index >= 15 is 0 Å². The molecule has 1 saturated carbocycles. The molecule has 4 rings (SSSR count). The molecule has 1 N–H and O–H groups in total. The van der Waals surface area contributed by atoms with E-state index in [-0.39, 0.29) is 0 Å². The van der Waals surface area contributed by atoms with Crippen LogP contribution in [0.3, 0.4) is 0 Å². The van der Waals surface area contributed by atoms with Crippen molar-refractivity contribution < 1.29 is 0 Å². The summed E-state index contributed by atoms with van der Waals surface area (Å²) in [7, 11) is 0. The first-order valence-electron chi connectivity index (χ1n) is 7.07. The number of halogens is 1. The van der Waals surface area contributed by atoms with Crippen LogP contribution < -0.4 is 10.2 Å². The van der Waals surface area contributed by atoms with Crippen molar-refractivity contribution in [2.24, 2.45) is 11.8 Å². The van der Waals surface area contributed by atoms with Crippen molar-refractivity contribution in [3.05, 3.63) is 22.4 Å². The standard InChI is InChI=1S/C13H15BrN6S/c14-11-18-19-13(21-11)20-6-8-2-3-9(7-20)10(8)17-12-15-4-1-5-16-12/h1,4-5,8-10H,2-3,6-7H2,(H,15,16,17)/t8-,9?,10?/m1/s1. The molecule has 3 atom stereocenters. The summed E-state index contributed by atoms with van der Waals surface area (Å²) < 4.78 is 0.850. The zero-order chi connectivity index (χ0) is 14.2. The van der Waals surface area contributed by atoms with Crippen molar-refractivity contribution in [3.63, 3.8) is 0 Å². The van der Waals surface area contributed by atoms with Crippen molar-refractivity contribution in [1.29, 1.82) is 0 Å². The van der Waals surface area contributed by atoms with Gasteiger partial charge in [-0.2, -0.15) is 0 Å². The predicted molar refractivity (Wildman–Crippen MR) is 85.5 cm³/mol. The molecule has 2 bridgehead atoms. The normalized spacial score (nSPS) is 27.9. The zero-order valence-corrected chi connectivity index (χ0v) is 13.7. The highest BCUT2D eigenvalue weighted by Gasteiger charge is 2.43. The topological polar surface area (TPSA) is 66.8 Å². The molecule has 2 unspecified atom stereocenters. The van der Waals surface area contributed by atoms with Crippen LogP contribution in [0.4, 0.5) is 11.1 Å². The first-order valence-corrected chi connectivity index (χ1v) is 8.68. The fraction of sp³-hybridized carbons (Fsp3) is 0.538. The highest BCUT2D eigenvalue weighted by molar-refractivity contribution is 9.11. The molecule has 110 valence electrons. The number of hydrogen-bond donors (Lipinski definition) is 1. The molecular weight excluding hydrogens is 352 g/mol. The van der Waals surface area contributed by atoms with E-state index in [1.807, 2.05) is 6.07 Å². The van der Waals surface area contributed by atoms with Gasteiger partial charge in [0.15, 0.2) is 3.92 Å². The zero-order valence-electron chi connectivity index (χ0n) is 11.3. The lowest BCUT2D eigenvalue weighted by Crippen LogP contribution is -2.48. The molecule has 2 aliphatic rings. The summed E-state index contributed by atoms with van der Waals surface area (Å²) in [5.41, 5.74) is 0. The Morgan fingerprint density at radius 3 is 2.48 bits per heavy atom. The molecule has 2 aromatic heterocycles. The van der Waals surface area contributed by atoms with Gasteiger partial charge in [0.1, 0.15) is 0 Å². The summed E-state index contributed by atoms with van der Waals surface area (Å²) in [6, 6.07) is 2.32. The van der Waals surface area contributed by atoms with E-state index in [2.05, 4.69) is 46.3 Å². The van der Waals surface area contributed by atoms with Gasteiger partial charge in [0.2, 0.25) is 11.1 Å². The number of hydrogen-bond acceptors (Lipinski definition) is 7. The Labute approximate surface area is 135 Å². The van der Waals surface area contributed by atoms with E-state index in [1.54, 1.807) is 23.7 Å². The van der Waals surface area contributed by atoms with E-state index in [9.17, 15) is 0 Å². The number of aromatic nitrogens is 4. The Kier molecular flexibility index (Phi) is 3.50. The summed E-state index contributed by atoms with van der Waals surface area (Å²) in [6.07, 6.45) is 6.08. The smallest absolute Gasteiger partial charge is 0.222 e. The maximum absolute atomic E-state index is 4.29. The minimum absolute atomic E-state index is 0.472. The van der Waals surface area contributed by atoms with Crippen LogP contribution in [0, 0.1) is 11.8 Å². The number of anilines is 2. The summed E-state index contributed by atoms with van der Waals surface area (Å²) in [6.45, 7) is 2.06. The summed E-state index contributed by atoms with van der Waals surface area (Å²) in [4.78, 5) is 10.9. The van der Waals surface area contributed by atoms with Crippen LogP contribution >= 0.6 is 27.3 Å². The third-order valence-electron chi connectivity index (χ3n) is 4.36. The van der Waals surface area contributed by atoms with Gasteiger partial charge in [-0.15, -0.1) is 10.2 Å². The van der Waals surface area contributed by atoms with E-state index < -0.39 is 0 Å². The fourth-order valence-corrected chi connectivity index (χ4v) is 4.57. The molecule has 8 heteroatoms. The van der Waals surface area contributed by atoms with E-state index in [0.717, 1.165) is 28.1 Å². The first-order chi connectivity index (χ1) is 10.3. The number of nitrogens with zero attached hydrogens (tertiary/aromatic N) is 5. The van der Waals surface area contributed by atoms with Crippen molar-refractivity contribution >= 4 is 38.3 Å². The van der Waals surface area contributed by atoms with Gasteiger partial charge in [-0.25, -0.2) is 9.97 Å². The molecule has 0 radical (unpaired) electrons. The van der Waals surface area contributed by atoms with Gasteiger partial charge in [-0.1, -0.05) is 11.3 Å². The van der Waals surface area contributed by atoms with Crippen molar-refractivity contribution in [1.82, 2.24) is 20.2 Å². The third kappa shape index (κ3) is 2.62. The summed E-state index contributed by atoms with van der Waals surface area (Å²) in [5, 5.41) is 12.9. The maximum atomic E-state index is 4.29. The minimum atomic E-state index is 0.472. The molecule has 21 heavy (non-hydrogen) atoms. The lowest BCUT2D eigenvalue weighted by Gasteiger charge is -2.38. The van der Waals surface area contributed by atoms with Gasteiger partial charge in [-0.3, -0.25) is 0 Å². The van der Waals surface area contributed by atoms with Gasteiger partial charge in [0.25, 0.3) is 0 Å². The highest BCUT2D eigenvalue weighted by atomic mass is 79.9. The van der Waals surface area contributed by atoms with Crippen LogP contribution in [0.5, 0.6) is 0 Å². The lowest BCUT2D eigenvalue weighted by atomic mass is 9.92. The molecule has 6 nitrogen and oxygen atoms in total. The van der Waals surface area contributed by atoms with Crippen LogP contribution in [0.25, 0.3) is 0 Å². The van der Waals surface area contributed by atoms with Gasteiger partial charge in [0, 0.05) is 31.5 Å². The monoisotopic (exact) mass is 366 g/mol. The first kappa shape index (κ1) is 13.4. The summed E-state index contributed by atoms with van der Waals surface area (Å²) >= 11 is 5.00. The molecular formula is C13H15BrN6S. The van der Waals surface area contributed by atoms with Gasteiger partial charge in [-0.05, 0) is 46.7 Å². The van der Waals surface area contributed by atoms with E-state index in [1.165, 1.54) is 12.8 Å². The molecule has 3 heterocycles. The van der Waals surface area contributed by atoms with Crippen molar-refractivity contribution in [3.8, 4) is 0 Å². The molecule has 1 aliphatic heterocycles.